The lowest BCUT2D eigenvalue weighted by Gasteiger charge is -2.35. The zero-order valence-electron chi connectivity index (χ0n) is 24.0. The van der Waals surface area contributed by atoms with Gasteiger partial charge in [0.1, 0.15) is 28.7 Å². The van der Waals surface area contributed by atoms with Crippen LogP contribution in [0.5, 0.6) is 28.7 Å². The molecule has 0 aromatic heterocycles. The zero-order valence-corrected chi connectivity index (χ0v) is 24.0. The number of ether oxygens (including phenoxy) is 2. The Hall–Kier alpha value is -4.34. The minimum absolute atomic E-state index is 0.0173. The third kappa shape index (κ3) is 3.99. The van der Waals surface area contributed by atoms with Crippen LogP contribution in [0.3, 0.4) is 0 Å². The average molecular weight is 573 g/mol. The molecular weight excluding hydrogens is 540 g/mol. The van der Waals surface area contributed by atoms with Gasteiger partial charge in [-0.05, 0) is 66.6 Å². The molecule has 0 amide bonds. The first kappa shape index (κ1) is 27.8. The molecule has 42 heavy (non-hydrogen) atoms. The summed E-state index contributed by atoms with van der Waals surface area (Å²) in [6.45, 7) is 4.73. The molecule has 4 aromatic rings. The first-order valence-corrected chi connectivity index (χ1v) is 13.6. The molecule has 0 saturated heterocycles. The Morgan fingerprint density at radius 2 is 1.31 bits per heavy atom. The van der Waals surface area contributed by atoms with Gasteiger partial charge in [0.15, 0.2) is 11.6 Å². The smallest absolute Gasteiger partial charge is 0.169 e. The molecule has 4 aromatic carbocycles. The SMILES string of the molecule is COc1cc(O)c2cc3c(c(-c4c5c(c(O)c6c(O)c(C)c(OC)cc46)C(=O)CC(C)(O)C5)c2c1)CC(C)(O)CC3=O. The highest BCUT2D eigenvalue weighted by atomic mass is 16.5. The number of methoxy groups -OCH3 is 2. The molecule has 0 aliphatic heterocycles. The van der Waals surface area contributed by atoms with E-state index in [1.54, 1.807) is 32.0 Å². The Morgan fingerprint density at radius 3 is 1.95 bits per heavy atom. The summed E-state index contributed by atoms with van der Waals surface area (Å²) >= 11 is 0. The molecule has 0 spiro atoms. The van der Waals surface area contributed by atoms with Crippen LogP contribution in [0, 0.1) is 6.92 Å². The number of benzene rings is 4. The number of rotatable bonds is 3. The van der Waals surface area contributed by atoms with Gasteiger partial charge in [0, 0.05) is 53.6 Å². The third-order valence-corrected chi connectivity index (χ3v) is 8.65. The van der Waals surface area contributed by atoms with Crippen LogP contribution < -0.4 is 9.47 Å². The van der Waals surface area contributed by atoms with Gasteiger partial charge in [0.25, 0.3) is 0 Å². The van der Waals surface area contributed by atoms with Crippen molar-refractivity contribution in [3.8, 4) is 39.9 Å². The summed E-state index contributed by atoms with van der Waals surface area (Å²) in [5.74, 6) is -1.03. The molecule has 2 atom stereocenters. The van der Waals surface area contributed by atoms with Crippen molar-refractivity contribution in [2.24, 2.45) is 0 Å². The number of carbonyl (C=O) groups is 2. The first-order chi connectivity index (χ1) is 19.7. The van der Waals surface area contributed by atoms with E-state index in [0.717, 1.165) is 0 Å². The number of phenols is 3. The van der Waals surface area contributed by atoms with Gasteiger partial charge in [-0.15, -0.1) is 0 Å². The summed E-state index contributed by atoms with van der Waals surface area (Å²) in [4.78, 5) is 27.0. The molecule has 0 heterocycles. The molecule has 0 radical (unpaired) electrons. The molecule has 0 saturated carbocycles. The van der Waals surface area contributed by atoms with Gasteiger partial charge in [0.05, 0.1) is 36.4 Å². The van der Waals surface area contributed by atoms with Crippen molar-refractivity contribution in [1.29, 1.82) is 0 Å². The number of Topliss-reactive ketones (excluding diaryl/α,β-unsaturated/α-hetero) is 2. The van der Waals surface area contributed by atoms with Crippen molar-refractivity contribution in [2.75, 3.05) is 14.2 Å². The molecule has 0 fully saturated rings. The molecule has 2 unspecified atom stereocenters. The maximum atomic E-state index is 13.6. The van der Waals surface area contributed by atoms with Crippen LogP contribution in [0.25, 0.3) is 32.7 Å². The molecule has 9 heteroatoms. The van der Waals surface area contributed by atoms with Gasteiger partial charge >= 0.3 is 0 Å². The van der Waals surface area contributed by atoms with Gasteiger partial charge in [-0.3, -0.25) is 9.59 Å². The largest absolute Gasteiger partial charge is 0.507 e. The van der Waals surface area contributed by atoms with Crippen LogP contribution >= 0.6 is 0 Å². The first-order valence-electron chi connectivity index (χ1n) is 13.6. The fourth-order valence-corrected chi connectivity index (χ4v) is 6.81. The number of hydrogen-bond acceptors (Lipinski definition) is 9. The number of hydrogen-bond donors (Lipinski definition) is 5. The van der Waals surface area contributed by atoms with Gasteiger partial charge in [-0.2, -0.15) is 0 Å². The second-order valence-corrected chi connectivity index (χ2v) is 12.1. The summed E-state index contributed by atoms with van der Waals surface area (Å²) in [6.07, 6.45) is -0.343. The van der Waals surface area contributed by atoms with Crippen LogP contribution in [0.2, 0.25) is 0 Å². The second-order valence-electron chi connectivity index (χ2n) is 12.1. The summed E-state index contributed by atoms with van der Waals surface area (Å²) in [5, 5.41) is 57.5. The molecule has 9 nitrogen and oxygen atoms in total. The highest BCUT2D eigenvalue weighted by Crippen LogP contribution is 2.54. The number of phenolic OH excluding ortho intramolecular Hbond substituents is 3. The molecule has 0 bridgehead atoms. The van der Waals surface area contributed by atoms with E-state index in [0.29, 0.717) is 61.0 Å². The Kier molecular flexibility index (Phi) is 6.01. The normalized spacial score (nSPS) is 21.9. The summed E-state index contributed by atoms with van der Waals surface area (Å²) in [5.41, 5.74) is -0.643. The van der Waals surface area contributed by atoms with Crippen molar-refractivity contribution in [3.63, 3.8) is 0 Å². The third-order valence-electron chi connectivity index (χ3n) is 8.65. The Balaban J connectivity index is 1.94. The van der Waals surface area contributed by atoms with Crippen LogP contribution in [0.1, 0.15) is 64.1 Å². The van der Waals surface area contributed by atoms with Crippen LogP contribution in [0.15, 0.2) is 24.3 Å². The number of carbonyl (C=O) groups excluding carboxylic acids is 2. The van der Waals surface area contributed by atoms with Gasteiger partial charge in [-0.25, -0.2) is 0 Å². The van der Waals surface area contributed by atoms with E-state index < -0.39 is 22.7 Å². The molecule has 5 N–H and O–H groups in total. The molecular formula is C33H32O9. The number of aliphatic hydroxyl groups is 2. The number of aromatic hydroxyl groups is 3. The van der Waals surface area contributed by atoms with Crippen LogP contribution in [-0.4, -0.2) is 62.5 Å². The van der Waals surface area contributed by atoms with Crippen molar-refractivity contribution >= 4 is 33.1 Å². The Bertz CT molecular complexity index is 1880. The highest BCUT2D eigenvalue weighted by Gasteiger charge is 2.41. The lowest BCUT2D eigenvalue weighted by molar-refractivity contribution is 0.0394. The highest BCUT2D eigenvalue weighted by molar-refractivity contribution is 6.20. The molecule has 218 valence electrons. The van der Waals surface area contributed by atoms with E-state index in [-0.39, 0.29) is 53.9 Å². The van der Waals surface area contributed by atoms with E-state index in [1.807, 2.05) is 0 Å². The molecule has 2 aliphatic rings. The Morgan fingerprint density at radius 1 is 0.690 bits per heavy atom. The predicted molar refractivity (Wildman–Crippen MR) is 156 cm³/mol. The van der Waals surface area contributed by atoms with Crippen LogP contribution in [0.4, 0.5) is 0 Å². The zero-order chi connectivity index (χ0) is 30.5. The van der Waals surface area contributed by atoms with E-state index in [9.17, 15) is 35.1 Å². The minimum Gasteiger partial charge on any atom is -0.507 e. The Labute approximate surface area is 241 Å². The van der Waals surface area contributed by atoms with Crippen molar-refractivity contribution in [3.05, 3.63) is 52.1 Å². The standard InChI is InChI=1S/C33H32O9/c1-14-25(42-5)9-19-27(21-11-33(3,40)13-24(36)28(21)31(38)29(19)30(14)37)26-18-6-15(41-4)7-22(34)16(18)8-17-20(26)10-32(2,39)12-23(17)35/h6-9,34,37-40H,10-13H2,1-5H3. The second kappa shape index (κ2) is 9.08. The molecule has 2 aliphatic carbocycles. The quantitative estimate of drug-likeness (QED) is 0.232. The van der Waals surface area contributed by atoms with E-state index >= 15 is 0 Å². The van der Waals surface area contributed by atoms with Gasteiger partial charge in [0.2, 0.25) is 0 Å². The van der Waals surface area contributed by atoms with Gasteiger partial charge in [-0.1, -0.05) is 0 Å². The topological polar surface area (TPSA) is 154 Å². The lowest BCUT2D eigenvalue weighted by atomic mass is 9.71. The maximum absolute atomic E-state index is 13.6. The molecule has 6 rings (SSSR count). The average Bonchev–Trinajstić information content (AvgIpc) is 2.88. The van der Waals surface area contributed by atoms with Crippen molar-refractivity contribution < 1.29 is 44.6 Å². The fourth-order valence-electron chi connectivity index (χ4n) is 6.81. The van der Waals surface area contributed by atoms with Crippen molar-refractivity contribution in [1.82, 2.24) is 0 Å². The maximum Gasteiger partial charge on any atom is 0.169 e. The van der Waals surface area contributed by atoms with E-state index in [2.05, 4.69) is 0 Å². The van der Waals surface area contributed by atoms with Crippen molar-refractivity contribution in [2.45, 2.75) is 57.7 Å². The number of fused-ring (bicyclic) bond motifs is 4. The van der Waals surface area contributed by atoms with E-state index in [1.165, 1.54) is 27.2 Å². The lowest BCUT2D eigenvalue weighted by Crippen LogP contribution is -2.37. The van der Waals surface area contributed by atoms with Gasteiger partial charge < -0.3 is 35.0 Å². The summed E-state index contributed by atoms with van der Waals surface area (Å²) in [6, 6.07) is 6.36. The predicted octanol–water partition coefficient (Wildman–Crippen LogP) is 4.86. The van der Waals surface area contributed by atoms with Crippen LogP contribution in [-0.2, 0) is 12.8 Å². The summed E-state index contributed by atoms with van der Waals surface area (Å²) < 4.78 is 11.0. The fraction of sp³-hybridized carbons (Fsp3) is 0.333. The number of ketones is 2. The monoisotopic (exact) mass is 572 g/mol. The minimum atomic E-state index is -1.46. The summed E-state index contributed by atoms with van der Waals surface area (Å²) in [7, 11) is 2.89. The van der Waals surface area contributed by atoms with E-state index in [4.69, 9.17) is 9.47 Å².